The number of aromatic nitrogens is 1. The molecule has 18 heavy (non-hydrogen) atoms. The largest absolute Gasteiger partial charge is 0.384 e. The van der Waals surface area contributed by atoms with Gasteiger partial charge in [0, 0.05) is 12.2 Å². The molecule has 0 saturated carbocycles. The Kier molecular flexibility index (Phi) is 3.45. The van der Waals surface area contributed by atoms with Crippen LogP contribution in [0, 0.1) is 18.6 Å². The number of fused-ring (bicyclic) bond motifs is 1. The molecule has 96 valence electrons. The van der Waals surface area contributed by atoms with Gasteiger partial charge in [-0.2, -0.15) is 0 Å². The number of pyridine rings is 1. The summed E-state index contributed by atoms with van der Waals surface area (Å²) in [5.74, 6) is -0.930. The summed E-state index contributed by atoms with van der Waals surface area (Å²) in [5.41, 5.74) is 2.43. The lowest BCUT2D eigenvalue weighted by atomic mass is 10.0. The van der Waals surface area contributed by atoms with Crippen molar-refractivity contribution in [2.24, 2.45) is 0 Å². The number of halogens is 2. The molecule has 0 aliphatic rings. The fraction of sp³-hybridized carbons (Fsp3) is 0.357. The number of rotatable bonds is 3. The van der Waals surface area contributed by atoms with E-state index < -0.39 is 11.6 Å². The number of nitrogens with zero attached hydrogens (tertiary/aromatic N) is 1. The Morgan fingerprint density at radius 2 is 1.83 bits per heavy atom. The van der Waals surface area contributed by atoms with Crippen molar-refractivity contribution < 1.29 is 8.78 Å². The molecule has 0 saturated heterocycles. The van der Waals surface area contributed by atoms with Gasteiger partial charge in [-0.25, -0.2) is 13.8 Å². The van der Waals surface area contributed by atoms with E-state index in [0.29, 0.717) is 18.7 Å². The molecule has 1 aromatic carbocycles. The van der Waals surface area contributed by atoms with Crippen LogP contribution in [0.3, 0.4) is 0 Å². The normalized spacial score (nSPS) is 10.9. The maximum absolute atomic E-state index is 13.9. The van der Waals surface area contributed by atoms with Crippen molar-refractivity contribution in [3.63, 3.8) is 0 Å². The van der Waals surface area contributed by atoms with Crippen molar-refractivity contribution in [1.82, 2.24) is 4.98 Å². The minimum atomic E-state index is -0.486. The van der Waals surface area contributed by atoms with E-state index in [-0.39, 0.29) is 10.9 Å². The monoisotopic (exact) mass is 250 g/mol. The van der Waals surface area contributed by atoms with Crippen LogP contribution >= 0.6 is 0 Å². The zero-order valence-corrected chi connectivity index (χ0v) is 10.8. The molecule has 2 rings (SSSR count). The van der Waals surface area contributed by atoms with Crippen LogP contribution in [0.15, 0.2) is 12.1 Å². The fourth-order valence-electron chi connectivity index (χ4n) is 2.18. The third-order valence-electron chi connectivity index (χ3n) is 3.07. The molecule has 0 atom stereocenters. The topological polar surface area (TPSA) is 24.9 Å². The molecule has 1 heterocycles. The first-order valence-corrected chi connectivity index (χ1v) is 6.11. The van der Waals surface area contributed by atoms with E-state index in [2.05, 4.69) is 10.3 Å². The van der Waals surface area contributed by atoms with Gasteiger partial charge in [0.25, 0.3) is 0 Å². The van der Waals surface area contributed by atoms with Crippen LogP contribution in [0.4, 0.5) is 14.5 Å². The first-order chi connectivity index (χ1) is 8.60. The zero-order valence-electron chi connectivity index (χ0n) is 10.8. The molecular formula is C14H16F2N2. The molecule has 0 radical (unpaired) electrons. The van der Waals surface area contributed by atoms with Crippen LogP contribution in [-0.2, 0) is 6.42 Å². The number of aryl methyl sites for hydroxylation is 1. The van der Waals surface area contributed by atoms with Crippen molar-refractivity contribution in [2.45, 2.75) is 27.2 Å². The second-order valence-corrected chi connectivity index (χ2v) is 4.20. The van der Waals surface area contributed by atoms with Gasteiger partial charge in [0.15, 0.2) is 0 Å². The second-order valence-electron chi connectivity index (χ2n) is 4.20. The highest BCUT2D eigenvalue weighted by Gasteiger charge is 2.16. The Balaban J connectivity index is 2.90. The second kappa shape index (κ2) is 4.88. The molecule has 4 heteroatoms. The summed E-state index contributed by atoms with van der Waals surface area (Å²) in [7, 11) is 0. The molecule has 0 unspecified atom stereocenters. The molecule has 0 amide bonds. The summed E-state index contributed by atoms with van der Waals surface area (Å²) in [4.78, 5) is 4.24. The van der Waals surface area contributed by atoms with Gasteiger partial charge >= 0.3 is 0 Å². The van der Waals surface area contributed by atoms with Gasteiger partial charge in [-0.05, 0) is 38.0 Å². The summed E-state index contributed by atoms with van der Waals surface area (Å²) in [5, 5.41) is 3.36. The van der Waals surface area contributed by atoms with Crippen LogP contribution in [0.5, 0.6) is 0 Å². The highest BCUT2D eigenvalue weighted by Crippen LogP contribution is 2.31. The molecule has 0 fully saturated rings. The van der Waals surface area contributed by atoms with Gasteiger partial charge in [-0.15, -0.1) is 0 Å². The highest BCUT2D eigenvalue weighted by molar-refractivity contribution is 5.94. The Hall–Kier alpha value is -1.71. The van der Waals surface area contributed by atoms with Crippen LogP contribution in [0.2, 0.25) is 0 Å². The maximum atomic E-state index is 13.9. The predicted octanol–water partition coefficient (Wildman–Crippen LogP) is 3.82. The summed E-state index contributed by atoms with van der Waals surface area (Å²) >= 11 is 0. The van der Waals surface area contributed by atoms with Crippen molar-refractivity contribution >= 4 is 16.6 Å². The molecule has 2 nitrogen and oxygen atoms in total. The molecule has 2 aromatic rings. The quantitative estimate of drug-likeness (QED) is 0.895. The number of hydrogen-bond donors (Lipinski definition) is 1. The van der Waals surface area contributed by atoms with E-state index in [1.807, 2.05) is 20.8 Å². The smallest absolute Gasteiger partial charge is 0.149 e. The average Bonchev–Trinajstić information content (AvgIpc) is 2.36. The standard InChI is InChI=1S/C14H16F2N2/c1-4-11-8(3)13(17-5-2)12-9(15)6-7-10(16)14(12)18-11/h6-7H,4-5H2,1-3H3,(H,17,18). The van der Waals surface area contributed by atoms with Crippen LogP contribution in [0.25, 0.3) is 10.9 Å². The molecule has 0 bridgehead atoms. The van der Waals surface area contributed by atoms with E-state index >= 15 is 0 Å². The molecule has 0 spiro atoms. The summed E-state index contributed by atoms with van der Waals surface area (Å²) in [6.07, 6.45) is 0.691. The van der Waals surface area contributed by atoms with Crippen LogP contribution in [0.1, 0.15) is 25.1 Å². The Morgan fingerprint density at radius 3 is 2.44 bits per heavy atom. The van der Waals surface area contributed by atoms with Crippen LogP contribution < -0.4 is 5.32 Å². The molecule has 0 aliphatic heterocycles. The summed E-state index contributed by atoms with van der Waals surface area (Å²) in [6, 6.07) is 2.26. The summed E-state index contributed by atoms with van der Waals surface area (Å²) in [6.45, 7) is 6.41. The van der Waals surface area contributed by atoms with Gasteiger partial charge in [-0.1, -0.05) is 6.92 Å². The van der Waals surface area contributed by atoms with E-state index in [1.54, 1.807) is 0 Å². The van der Waals surface area contributed by atoms with E-state index in [4.69, 9.17) is 0 Å². The lowest BCUT2D eigenvalue weighted by Crippen LogP contribution is -2.06. The third kappa shape index (κ3) is 1.92. The lowest BCUT2D eigenvalue weighted by molar-refractivity contribution is 0.615. The number of nitrogens with one attached hydrogen (secondary N) is 1. The molecule has 1 N–H and O–H groups in total. The minimum absolute atomic E-state index is 0.105. The average molecular weight is 250 g/mol. The summed E-state index contributed by atoms with van der Waals surface area (Å²) < 4.78 is 27.7. The Morgan fingerprint density at radius 1 is 1.17 bits per heavy atom. The van der Waals surface area contributed by atoms with Gasteiger partial charge in [0.05, 0.1) is 11.1 Å². The third-order valence-corrected chi connectivity index (χ3v) is 3.07. The van der Waals surface area contributed by atoms with E-state index in [0.717, 1.165) is 23.4 Å². The number of hydrogen-bond acceptors (Lipinski definition) is 2. The molecular weight excluding hydrogens is 234 g/mol. The molecule has 1 aromatic heterocycles. The highest BCUT2D eigenvalue weighted by atomic mass is 19.1. The van der Waals surface area contributed by atoms with Crippen molar-refractivity contribution in [3.8, 4) is 0 Å². The zero-order chi connectivity index (χ0) is 13.3. The molecule has 0 aliphatic carbocycles. The van der Waals surface area contributed by atoms with Gasteiger partial charge in [-0.3, -0.25) is 0 Å². The first-order valence-electron chi connectivity index (χ1n) is 6.11. The maximum Gasteiger partial charge on any atom is 0.149 e. The lowest BCUT2D eigenvalue weighted by Gasteiger charge is -2.15. The van der Waals surface area contributed by atoms with Crippen LogP contribution in [-0.4, -0.2) is 11.5 Å². The Labute approximate surface area is 105 Å². The predicted molar refractivity (Wildman–Crippen MR) is 69.9 cm³/mol. The first kappa shape index (κ1) is 12.7. The number of benzene rings is 1. The van der Waals surface area contributed by atoms with Crippen molar-refractivity contribution in [2.75, 3.05) is 11.9 Å². The van der Waals surface area contributed by atoms with Crippen molar-refractivity contribution in [3.05, 3.63) is 35.0 Å². The van der Waals surface area contributed by atoms with Gasteiger partial charge in [0.1, 0.15) is 17.2 Å². The van der Waals surface area contributed by atoms with E-state index in [1.165, 1.54) is 0 Å². The minimum Gasteiger partial charge on any atom is -0.384 e. The van der Waals surface area contributed by atoms with Gasteiger partial charge < -0.3 is 5.32 Å². The van der Waals surface area contributed by atoms with Crippen molar-refractivity contribution in [1.29, 1.82) is 0 Å². The Bertz CT molecular complexity index is 594. The SMILES string of the molecule is CCNc1c(C)c(CC)nc2c(F)ccc(F)c12. The number of anilines is 1. The van der Waals surface area contributed by atoms with E-state index in [9.17, 15) is 8.78 Å². The fourth-order valence-corrected chi connectivity index (χ4v) is 2.18. The van der Waals surface area contributed by atoms with Gasteiger partial charge in [0.2, 0.25) is 0 Å².